The number of nitrogens with zero attached hydrogens (tertiary/aromatic N) is 1. The normalized spacial score (nSPS) is 14.3. The topological polar surface area (TPSA) is 58.6 Å². The van der Waals surface area contributed by atoms with Gasteiger partial charge in [0.25, 0.3) is 11.8 Å². The Balaban J connectivity index is 1.72. The number of rotatable bonds is 5. The maximum Gasteiger partial charge on any atom is 0.416 e. The summed E-state index contributed by atoms with van der Waals surface area (Å²) in [6, 6.07) is 8.87. The highest BCUT2D eigenvalue weighted by molar-refractivity contribution is 6.34. The van der Waals surface area contributed by atoms with Crippen molar-refractivity contribution in [1.29, 1.82) is 0 Å². The largest absolute Gasteiger partial charge is 0.483 e. The summed E-state index contributed by atoms with van der Waals surface area (Å²) >= 11 is 5.94. The van der Waals surface area contributed by atoms with E-state index in [-0.39, 0.29) is 34.5 Å². The second kappa shape index (κ2) is 9.38. The van der Waals surface area contributed by atoms with E-state index in [4.69, 9.17) is 16.3 Å². The Labute approximate surface area is 176 Å². The third-order valence-electron chi connectivity index (χ3n) is 4.73. The van der Waals surface area contributed by atoms with Crippen LogP contribution in [0, 0.1) is 0 Å². The summed E-state index contributed by atoms with van der Waals surface area (Å²) in [5.74, 6) is -0.716. The third-order valence-corrected chi connectivity index (χ3v) is 5.06. The molecule has 2 aromatic rings. The van der Waals surface area contributed by atoms with Gasteiger partial charge in [-0.25, -0.2) is 0 Å². The van der Waals surface area contributed by atoms with E-state index in [1.165, 1.54) is 12.1 Å². The molecule has 0 aromatic heterocycles. The van der Waals surface area contributed by atoms with Crippen molar-refractivity contribution >= 4 is 29.1 Å². The fourth-order valence-electron chi connectivity index (χ4n) is 3.14. The molecule has 1 heterocycles. The first-order valence-corrected chi connectivity index (χ1v) is 9.81. The van der Waals surface area contributed by atoms with Gasteiger partial charge in [0.05, 0.1) is 21.8 Å². The van der Waals surface area contributed by atoms with E-state index in [1.54, 1.807) is 17.0 Å². The van der Waals surface area contributed by atoms with Crippen LogP contribution in [0.15, 0.2) is 42.5 Å². The number of hydrogen-bond donors (Lipinski definition) is 1. The summed E-state index contributed by atoms with van der Waals surface area (Å²) in [6.45, 7) is 1.13. The average molecular weight is 441 g/mol. The number of alkyl halides is 3. The first-order valence-electron chi connectivity index (χ1n) is 9.43. The highest BCUT2D eigenvalue weighted by Crippen LogP contribution is 2.34. The quantitative estimate of drug-likeness (QED) is 0.711. The lowest BCUT2D eigenvalue weighted by Crippen LogP contribution is -2.38. The molecule has 160 valence electrons. The fraction of sp³-hybridized carbons (Fsp3) is 0.333. The lowest BCUT2D eigenvalue weighted by molar-refractivity contribution is -0.137. The van der Waals surface area contributed by atoms with Crippen molar-refractivity contribution in [2.24, 2.45) is 0 Å². The number of para-hydroxylation sites is 1. The molecule has 1 saturated heterocycles. The molecule has 30 heavy (non-hydrogen) atoms. The van der Waals surface area contributed by atoms with Crippen molar-refractivity contribution in [3.63, 3.8) is 0 Å². The van der Waals surface area contributed by atoms with Gasteiger partial charge in [0, 0.05) is 13.1 Å². The summed E-state index contributed by atoms with van der Waals surface area (Å²) in [5.41, 5.74) is -1.02. The van der Waals surface area contributed by atoms with Gasteiger partial charge in [0.1, 0.15) is 5.75 Å². The van der Waals surface area contributed by atoms with Crippen molar-refractivity contribution in [1.82, 2.24) is 4.90 Å². The van der Waals surface area contributed by atoms with Crippen molar-refractivity contribution in [2.75, 3.05) is 25.0 Å². The molecule has 0 bridgehead atoms. The molecule has 0 saturated carbocycles. The zero-order chi connectivity index (χ0) is 21.7. The molecular weight excluding hydrogens is 421 g/mol. The van der Waals surface area contributed by atoms with Gasteiger partial charge in [-0.3, -0.25) is 9.59 Å². The van der Waals surface area contributed by atoms with Gasteiger partial charge in [0.2, 0.25) is 0 Å². The van der Waals surface area contributed by atoms with Crippen LogP contribution in [-0.4, -0.2) is 36.4 Å². The predicted molar refractivity (Wildman–Crippen MR) is 107 cm³/mol. The van der Waals surface area contributed by atoms with Gasteiger partial charge in [-0.15, -0.1) is 0 Å². The standard InChI is InChI=1S/C21H20ClF3N2O3/c22-16-9-8-14(21(23,24)25)12-17(16)26-20(29)15-6-2-3-7-18(15)30-13-19(28)27-10-4-1-5-11-27/h2-3,6-9,12H,1,4-5,10-11,13H2,(H,26,29). The van der Waals surface area contributed by atoms with Crippen LogP contribution in [0.4, 0.5) is 18.9 Å². The van der Waals surface area contributed by atoms with E-state index in [9.17, 15) is 22.8 Å². The van der Waals surface area contributed by atoms with E-state index in [2.05, 4.69) is 5.32 Å². The van der Waals surface area contributed by atoms with Crippen molar-refractivity contribution in [2.45, 2.75) is 25.4 Å². The number of carbonyl (C=O) groups is 2. The lowest BCUT2D eigenvalue weighted by Gasteiger charge is -2.26. The zero-order valence-corrected chi connectivity index (χ0v) is 16.7. The Bertz CT molecular complexity index is 928. The molecule has 1 N–H and O–H groups in total. The minimum absolute atomic E-state index is 0.0324. The molecule has 1 aliphatic heterocycles. The Morgan fingerprint density at radius 1 is 1.07 bits per heavy atom. The number of amides is 2. The minimum Gasteiger partial charge on any atom is -0.483 e. The summed E-state index contributed by atoms with van der Waals surface area (Å²) in [6.07, 6.45) is -1.59. The number of anilines is 1. The van der Waals surface area contributed by atoms with Gasteiger partial charge >= 0.3 is 6.18 Å². The Morgan fingerprint density at radius 2 is 1.77 bits per heavy atom. The predicted octanol–water partition coefficient (Wildman–Crippen LogP) is 5.00. The molecule has 0 unspecified atom stereocenters. The Morgan fingerprint density at radius 3 is 2.47 bits per heavy atom. The number of carbonyl (C=O) groups excluding carboxylic acids is 2. The summed E-state index contributed by atoms with van der Waals surface area (Å²) in [7, 11) is 0. The highest BCUT2D eigenvalue weighted by Gasteiger charge is 2.31. The summed E-state index contributed by atoms with van der Waals surface area (Å²) in [4.78, 5) is 26.7. The number of piperidine rings is 1. The Hall–Kier alpha value is -2.74. The molecule has 5 nitrogen and oxygen atoms in total. The first-order chi connectivity index (χ1) is 14.3. The number of ether oxygens (including phenoxy) is 1. The van der Waals surface area contributed by atoms with Crippen LogP contribution in [0.2, 0.25) is 5.02 Å². The number of likely N-dealkylation sites (tertiary alicyclic amines) is 1. The van der Waals surface area contributed by atoms with Crippen LogP contribution >= 0.6 is 11.6 Å². The van der Waals surface area contributed by atoms with Gasteiger partial charge in [-0.1, -0.05) is 23.7 Å². The minimum atomic E-state index is -4.57. The number of nitrogens with one attached hydrogen (secondary N) is 1. The molecular formula is C21H20ClF3N2O3. The lowest BCUT2D eigenvalue weighted by atomic mass is 10.1. The second-order valence-corrected chi connectivity index (χ2v) is 7.28. The monoisotopic (exact) mass is 440 g/mol. The summed E-state index contributed by atoms with van der Waals surface area (Å²) < 4.78 is 44.4. The molecule has 0 radical (unpaired) electrons. The molecule has 9 heteroatoms. The highest BCUT2D eigenvalue weighted by atomic mass is 35.5. The number of halogens is 4. The van der Waals surface area contributed by atoms with Gasteiger partial charge in [-0.2, -0.15) is 13.2 Å². The van der Waals surface area contributed by atoms with Crippen LogP contribution in [-0.2, 0) is 11.0 Å². The van der Waals surface area contributed by atoms with E-state index in [0.717, 1.165) is 37.5 Å². The molecule has 1 fully saturated rings. The average Bonchev–Trinajstić information content (AvgIpc) is 2.73. The molecule has 0 spiro atoms. The Kier molecular flexibility index (Phi) is 6.87. The van der Waals surface area contributed by atoms with Crippen molar-refractivity contribution < 1.29 is 27.5 Å². The first kappa shape index (κ1) is 22.0. The molecule has 2 aromatic carbocycles. The van der Waals surface area contributed by atoms with E-state index in [0.29, 0.717) is 13.1 Å². The van der Waals surface area contributed by atoms with Crippen molar-refractivity contribution in [3.8, 4) is 5.75 Å². The van der Waals surface area contributed by atoms with Gasteiger partial charge in [-0.05, 0) is 49.6 Å². The van der Waals surface area contributed by atoms with E-state index < -0.39 is 17.6 Å². The molecule has 1 aliphatic rings. The number of hydrogen-bond acceptors (Lipinski definition) is 3. The van der Waals surface area contributed by atoms with Gasteiger partial charge < -0.3 is 15.0 Å². The van der Waals surface area contributed by atoms with Crippen molar-refractivity contribution in [3.05, 3.63) is 58.6 Å². The third kappa shape index (κ3) is 5.44. The fourth-order valence-corrected chi connectivity index (χ4v) is 3.31. The molecule has 0 aliphatic carbocycles. The van der Waals surface area contributed by atoms with Gasteiger partial charge in [0.15, 0.2) is 6.61 Å². The second-order valence-electron chi connectivity index (χ2n) is 6.87. The van der Waals surface area contributed by atoms with E-state index in [1.807, 2.05) is 0 Å². The molecule has 3 rings (SSSR count). The van der Waals surface area contributed by atoms with Crippen LogP contribution in [0.1, 0.15) is 35.2 Å². The van der Waals surface area contributed by atoms with Crippen LogP contribution in [0.5, 0.6) is 5.75 Å². The summed E-state index contributed by atoms with van der Waals surface area (Å²) in [5, 5.41) is 2.35. The van der Waals surface area contributed by atoms with Crippen LogP contribution in [0.25, 0.3) is 0 Å². The molecule has 2 amide bonds. The SMILES string of the molecule is O=C(Nc1cc(C(F)(F)F)ccc1Cl)c1ccccc1OCC(=O)N1CCCCC1. The van der Waals surface area contributed by atoms with E-state index >= 15 is 0 Å². The maximum absolute atomic E-state index is 12.9. The van der Waals surface area contributed by atoms with Crippen LogP contribution in [0.3, 0.4) is 0 Å². The maximum atomic E-state index is 12.9. The van der Waals surface area contributed by atoms with Crippen LogP contribution < -0.4 is 10.1 Å². The zero-order valence-electron chi connectivity index (χ0n) is 16.0. The smallest absolute Gasteiger partial charge is 0.416 e. The number of benzene rings is 2. The molecule has 0 atom stereocenters.